The molecule has 200 valence electrons. The molecule has 1 atom stereocenters. The molecule has 5 heterocycles. The highest BCUT2D eigenvalue weighted by molar-refractivity contribution is 7.20. The molecule has 4 aromatic rings. The molecule has 0 amide bonds. The van der Waals surface area contributed by atoms with Gasteiger partial charge in [0.25, 0.3) is 0 Å². The lowest BCUT2D eigenvalue weighted by molar-refractivity contribution is -0.136. The summed E-state index contributed by atoms with van der Waals surface area (Å²) in [6.07, 6.45) is -2.56. The van der Waals surface area contributed by atoms with Gasteiger partial charge in [-0.15, -0.1) is 22.7 Å². The van der Waals surface area contributed by atoms with E-state index in [0.717, 1.165) is 48.2 Å². The van der Waals surface area contributed by atoms with Crippen LogP contribution in [0.2, 0.25) is 0 Å². The van der Waals surface area contributed by atoms with E-state index in [1.165, 1.54) is 18.3 Å². The Morgan fingerprint density at radius 3 is 2.68 bits per heavy atom. The molecule has 38 heavy (non-hydrogen) atoms. The Labute approximate surface area is 225 Å². The van der Waals surface area contributed by atoms with Crippen LogP contribution in [0.4, 0.5) is 13.2 Å². The van der Waals surface area contributed by atoms with E-state index in [1.54, 1.807) is 23.6 Å². The van der Waals surface area contributed by atoms with Crippen LogP contribution in [0.15, 0.2) is 29.6 Å². The quantitative estimate of drug-likeness (QED) is 0.179. The number of halogens is 3. The van der Waals surface area contributed by atoms with Gasteiger partial charge in [-0.2, -0.15) is 13.2 Å². The number of Topliss-reactive ketones (excluding diaryl/α,β-unsaturated/α-hetero) is 1. The summed E-state index contributed by atoms with van der Waals surface area (Å²) < 4.78 is 55.0. The van der Waals surface area contributed by atoms with Crippen LogP contribution in [0.1, 0.15) is 55.4 Å². The fourth-order valence-electron chi connectivity index (χ4n) is 4.84. The summed E-state index contributed by atoms with van der Waals surface area (Å²) in [6.45, 7) is 6.05. The molecule has 0 unspecified atom stereocenters. The Kier molecular flexibility index (Phi) is 7.19. The van der Waals surface area contributed by atoms with Crippen LogP contribution in [-0.2, 0) is 22.2 Å². The first-order valence-electron chi connectivity index (χ1n) is 12.1. The van der Waals surface area contributed by atoms with Gasteiger partial charge in [-0.25, -0.2) is 9.78 Å². The predicted molar refractivity (Wildman–Crippen MR) is 140 cm³/mol. The first-order valence-corrected chi connectivity index (χ1v) is 13.8. The smallest absolute Gasteiger partial charge is 0.417 e. The standard InChI is InChI=1S/C27H25F3N2O4S2/c1-14-10-18(16(3)32(14)12-17-6-4-8-35-17)21(33)13-36-26(34)24-15(2)23-19(27(28,29)30)11-20(31-25(23)38-24)22-7-5-9-37-22/h5,7,9-11,17H,4,6,8,12-13H2,1-3H3/t17-/m0/s1. The van der Waals surface area contributed by atoms with Crippen molar-refractivity contribution >= 4 is 44.6 Å². The van der Waals surface area contributed by atoms with Gasteiger partial charge in [0, 0.05) is 35.5 Å². The number of carbonyl (C=O) groups is 2. The second-order valence-electron chi connectivity index (χ2n) is 9.30. The molecular weight excluding hydrogens is 537 g/mol. The van der Waals surface area contributed by atoms with Gasteiger partial charge >= 0.3 is 12.1 Å². The number of pyridine rings is 1. The fraction of sp³-hybridized carbons (Fsp3) is 0.370. The number of hydrogen-bond donors (Lipinski definition) is 0. The molecule has 5 rings (SSSR count). The van der Waals surface area contributed by atoms with Crippen molar-refractivity contribution in [3.63, 3.8) is 0 Å². The molecule has 0 bridgehead atoms. The number of alkyl halides is 3. The zero-order chi connectivity index (χ0) is 27.2. The van der Waals surface area contributed by atoms with E-state index in [4.69, 9.17) is 9.47 Å². The SMILES string of the molecule is Cc1c(C(=O)OCC(=O)c2cc(C)n(C[C@@H]3CCCO3)c2C)sc2nc(-c3cccs3)cc(C(F)(F)F)c12. The molecule has 0 N–H and O–H groups in total. The van der Waals surface area contributed by atoms with Crippen molar-refractivity contribution in [2.45, 2.75) is 52.4 Å². The van der Waals surface area contributed by atoms with E-state index < -0.39 is 24.3 Å². The summed E-state index contributed by atoms with van der Waals surface area (Å²) in [5.74, 6) is -1.23. The van der Waals surface area contributed by atoms with E-state index >= 15 is 0 Å². The molecule has 0 spiro atoms. The summed E-state index contributed by atoms with van der Waals surface area (Å²) in [6, 6.07) is 6.20. The van der Waals surface area contributed by atoms with E-state index in [-0.39, 0.29) is 38.2 Å². The maximum absolute atomic E-state index is 14.0. The second kappa shape index (κ2) is 10.3. The Hall–Kier alpha value is -3.02. The Morgan fingerprint density at radius 2 is 2.03 bits per heavy atom. The van der Waals surface area contributed by atoms with Crippen molar-refractivity contribution in [3.8, 4) is 10.6 Å². The number of ether oxygens (including phenoxy) is 2. The van der Waals surface area contributed by atoms with Gasteiger partial charge in [-0.05, 0) is 62.8 Å². The van der Waals surface area contributed by atoms with Crippen molar-refractivity contribution in [1.82, 2.24) is 9.55 Å². The number of esters is 1. The number of aryl methyl sites for hydroxylation is 2. The van der Waals surface area contributed by atoms with Crippen molar-refractivity contribution in [3.05, 3.63) is 62.6 Å². The van der Waals surface area contributed by atoms with E-state index in [0.29, 0.717) is 17.0 Å². The monoisotopic (exact) mass is 562 g/mol. The van der Waals surface area contributed by atoms with Crippen molar-refractivity contribution < 1.29 is 32.2 Å². The molecule has 0 saturated carbocycles. The maximum Gasteiger partial charge on any atom is 0.417 e. The Balaban J connectivity index is 1.38. The molecule has 6 nitrogen and oxygen atoms in total. The third kappa shape index (κ3) is 5.02. The minimum absolute atomic E-state index is 0.00187. The Bertz CT molecular complexity index is 1510. The van der Waals surface area contributed by atoms with Crippen molar-refractivity contribution in [1.29, 1.82) is 0 Å². The summed E-state index contributed by atoms with van der Waals surface area (Å²) in [5, 5.41) is 1.63. The van der Waals surface area contributed by atoms with E-state index in [1.807, 2.05) is 18.4 Å². The van der Waals surface area contributed by atoms with Gasteiger partial charge in [-0.1, -0.05) is 6.07 Å². The lowest BCUT2D eigenvalue weighted by Crippen LogP contribution is -2.18. The average Bonchev–Trinajstić information content (AvgIpc) is 3.67. The minimum Gasteiger partial charge on any atom is -0.453 e. The summed E-state index contributed by atoms with van der Waals surface area (Å²) >= 11 is 2.12. The number of thiophene rings is 2. The molecule has 0 radical (unpaired) electrons. The van der Waals surface area contributed by atoms with Gasteiger partial charge in [0.1, 0.15) is 9.71 Å². The summed E-state index contributed by atoms with van der Waals surface area (Å²) in [4.78, 5) is 31.0. The first kappa shape index (κ1) is 26.6. The number of carbonyl (C=O) groups excluding carboxylic acids is 2. The topological polar surface area (TPSA) is 70.4 Å². The average molecular weight is 563 g/mol. The highest BCUT2D eigenvalue weighted by Crippen LogP contribution is 2.42. The van der Waals surface area contributed by atoms with Gasteiger partial charge in [0.15, 0.2) is 6.61 Å². The molecule has 11 heteroatoms. The number of ketones is 1. The first-order chi connectivity index (χ1) is 18.0. The van der Waals surface area contributed by atoms with Gasteiger partial charge < -0.3 is 14.0 Å². The molecule has 4 aromatic heterocycles. The van der Waals surface area contributed by atoms with Crippen LogP contribution in [0.5, 0.6) is 0 Å². The van der Waals surface area contributed by atoms with Gasteiger partial charge in [0.2, 0.25) is 5.78 Å². The van der Waals surface area contributed by atoms with E-state index in [9.17, 15) is 22.8 Å². The number of fused-ring (bicyclic) bond motifs is 1. The molecule has 0 aromatic carbocycles. The summed E-state index contributed by atoms with van der Waals surface area (Å²) in [5.41, 5.74) is 1.58. The lowest BCUT2D eigenvalue weighted by atomic mass is 10.1. The summed E-state index contributed by atoms with van der Waals surface area (Å²) in [7, 11) is 0. The van der Waals surface area contributed by atoms with Gasteiger partial charge in [-0.3, -0.25) is 4.79 Å². The number of hydrogen-bond acceptors (Lipinski definition) is 7. The highest BCUT2D eigenvalue weighted by Gasteiger charge is 2.36. The van der Waals surface area contributed by atoms with E-state index in [2.05, 4.69) is 4.98 Å². The second-order valence-corrected chi connectivity index (χ2v) is 11.2. The van der Waals surface area contributed by atoms with Gasteiger partial charge in [0.05, 0.1) is 22.2 Å². The Morgan fingerprint density at radius 1 is 1.24 bits per heavy atom. The third-order valence-electron chi connectivity index (χ3n) is 6.78. The molecule has 1 aliphatic heterocycles. The number of nitrogens with zero attached hydrogens (tertiary/aromatic N) is 2. The number of aromatic nitrogens is 2. The molecule has 1 aliphatic rings. The van der Waals surface area contributed by atoms with Crippen LogP contribution in [0, 0.1) is 20.8 Å². The van der Waals surface area contributed by atoms with Crippen LogP contribution < -0.4 is 0 Å². The maximum atomic E-state index is 14.0. The predicted octanol–water partition coefficient (Wildman–Crippen LogP) is 6.99. The third-order valence-corrected chi connectivity index (χ3v) is 8.84. The fourth-order valence-corrected chi connectivity index (χ4v) is 6.63. The molecule has 0 aliphatic carbocycles. The molecule has 1 saturated heterocycles. The molecule has 1 fully saturated rings. The largest absolute Gasteiger partial charge is 0.453 e. The molecular formula is C27H25F3N2O4S2. The van der Waals surface area contributed by atoms with Crippen LogP contribution >= 0.6 is 22.7 Å². The van der Waals surface area contributed by atoms with Crippen LogP contribution in [-0.4, -0.2) is 40.6 Å². The van der Waals surface area contributed by atoms with Crippen molar-refractivity contribution in [2.24, 2.45) is 0 Å². The zero-order valence-electron chi connectivity index (χ0n) is 21.0. The minimum atomic E-state index is -4.64. The van der Waals surface area contributed by atoms with Crippen LogP contribution in [0.25, 0.3) is 20.8 Å². The highest BCUT2D eigenvalue weighted by atomic mass is 32.1. The normalized spacial score (nSPS) is 15.9. The van der Waals surface area contributed by atoms with Crippen LogP contribution in [0.3, 0.4) is 0 Å². The van der Waals surface area contributed by atoms with Crippen molar-refractivity contribution in [2.75, 3.05) is 13.2 Å². The lowest BCUT2D eigenvalue weighted by Gasteiger charge is -2.14. The zero-order valence-corrected chi connectivity index (χ0v) is 22.6. The number of rotatable bonds is 7.